The van der Waals surface area contributed by atoms with Gasteiger partial charge in [-0.15, -0.1) is 0 Å². The monoisotopic (exact) mass is 444 g/mol. The molecule has 0 unspecified atom stereocenters. The second-order valence-corrected chi connectivity index (χ2v) is 7.69. The topological polar surface area (TPSA) is 98.6 Å². The van der Waals surface area contributed by atoms with Crippen molar-refractivity contribution >= 4 is 23.4 Å². The molecular formula is C21H15F3N4O2S. The van der Waals surface area contributed by atoms with Crippen molar-refractivity contribution < 1.29 is 18.0 Å². The average molecular weight is 444 g/mol. The van der Waals surface area contributed by atoms with Crippen LogP contribution < -0.4 is 10.9 Å². The summed E-state index contributed by atoms with van der Waals surface area (Å²) in [4.78, 5) is 31.5. The Balaban J connectivity index is 1.85. The van der Waals surface area contributed by atoms with Crippen LogP contribution in [0.1, 0.15) is 18.1 Å². The predicted octanol–water partition coefficient (Wildman–Crippen LogP) is 4.45. The third-order valence-corrected chi connectivity index (χ3v) is 5.19. The summed E-state index contributed by atoms with van der Waals surface area (Å²) in [6, 6.07) is 15.0. The van der Waals surface area contributed by atoms with Crippen LogP contribution in [0.4, 0.5) is 18.9 Å². The van der Waals surface area contributed by atoms with Gasteiger partial charge in [0.05, 0.1) is 22.2 Å². The number of nitrogens with zero attached hydrogens (tertiary/aromatic N) is 2. The standard InChI is InChI=1S/C21H15F3N4O2S/c1-12(18(29)26-16-10-6-5-9-15(16)21(22,23)24)31-20-27-17(13-7-3-2-4-8-13)14(11-25)19(30)28-20/h2-10,12H,1H3,(H,26,29)(H,27,28,30)/t12-/m1/s1. The van der Waals surface area contributed by atoms with Crippen LogP contribution >= 0.6 is 11.8 Å². The Bertz CT molecular complexity index is 1200. The van der Waals surface area contributed by atoms with Crippen LogP contribution in [-0.4, -0.2) is 21.1 Å². The van der Waals surface area contributed by atoms with E-state index in [1.54, 1.807) is 30.3 Å². The molecule has 0 aliphatic heterocycles. The molecule has 0 radical (unpaired) electrons. The van der Waals surface area contributed by atoms with Crippen molar-refractivity contribution in [3.8, 4) is 17.3 Å². The fourth-order valence-electron chi connectivity index (χ4n) is 2.71. The van der Waals surface area contributed by atoms with Gasteiger partial charge in [-0.05, 0) is 19.1 Å². The second kappa shape index (κ2) is 9.06. The number of aromatic amines is 1. The molecule has 1 atom stereocenters. The van der Waals surface area contributed by atoms with E-state index in [2.05, 4.69) is 15.3 Å². The quantitative estimate of drug-likeness (QED) is 0.448. The molecule has 6 nitrogen and oxygen atoms in total. The summed E-state index contributed by atoms with van der Waals surface area (Å²) in [6.07, 6.45) is -4.62. The predicted molar refractivity (Wildman–Crippen MR) is 110 cm³/mol. The fourth-order valence-corrected chi connectivity index (χ4v) is 3.51. The van der Waals surface area contributed by atoms with Gasteiger partial charge in [0.2, 0.25) is 5.91 Å². The van der Waals surface area contributed by atoms with E-state index < -0.39 is 28.5 Å². The maximum absolute atomic E-state index is 13.1. The zero-order valence-electron chi connectivity index (χ0n) is 16.0. The Morgan fingerprint density at radius 2 is 1.81 bits per heavy atom. The molecule has 10 heteroatoms. The Hall–Kier alpha value is -3.58. The zero-order valence-corrected chi connectivity index (χ0v) is 16.8. The van der Waals surface area contributed by atoms with Crippen molar-refractivity contribution in [2.45, 2.75) is 23.5 Å². The number of anilines is 1. The van der Waals surface area contributed by atoms with Crippen LogP contribution in [-0.2, 0) is 11.0 Å². The minimum atomic E-state index is -4.62. The van der Waals surface area contributed by atoms with E-state index in [4.69, 9.17) is 0 Å². The largest absolute Gasteiger partial charge is 0.418 e. The molecule has 31 heavy (non-hydrogen) atoms. The number of rotatable bonds is 5. The van der Waals surface area contributed by atoms with E-state index in [1.807, 2.05) is 6.07 Å². The number of carbonyl (C=O) groups is 1. The molecular weight excluding hydrogens is 429 g/mol. The maximum Gasteiger partial charge on any atom is 0.418 e. The van der Waals surface area contributed by atoms with E-state index in [0.29, 0.717) is 5.56 Å². The van der Waals surface area contributed by atoms with Gasteiger partial charge in [0.25, 0.3) is 5.56 Å². The number of halogens is 3. The second-order valence-electron chi connectivity index (χ2n) is 6.37. The number of nitrogens with one attached hydrogen (secondary N) is 2. The number of hydrogen-bond donors (Lipinski definition) is 2. The van der Waals surface area contributed by atoms with Gasteiger partial charge in [-0.2, -0.15) is 18.4 Å². The number of para-hydroxylation sites is 1. The van der Waals surface area contributed by atoms with Crippen molar-refractivity contribution in [3.05, 3.63) is 76.1 Å². The van der Waals surface area contributed by atoms with E-state index in [0.717, 1.165) is 23.9 Å². The van der Waals surface area contributed by atoms with Gasteiger partial charge in [-0.1, -0.05) is 54.2 Å². The number of aromatic nitrogens is 2. The van der Waals surface area contributed by atoms with Gasteiger partial charge >= 0.3 is 6.18 Å². The van der Waals surface area contributed by atoms with Crippen LogP contribution in [0.3, 0.4) is 0 Å². The van der Waals surface area contributed by atoms with Crippen LogP contribution in [0.15, 0.2) is 64.5 Å². The molecule has 0 fully saturated rings. The van der Waals surface area contributed by atoms with Gasteiger partial charge in [0.15, 0.2) is 5.16 Å². The van der Waals surface area contributed by atoms with Crippen LogP contribution in [0.25, 0.3) is 11.3 Å². The fraction of sp³-hybridized carbons (Fsp3) is 0.143. The van der Waals surface area contributed by atoms with Gasteiger partial charge in [-0.3, -0.25) is 9.59 Å². The highest BCUT2D eigenvalue weighted by molar-refractivity contribution is 8.00. The molecule has 0 aliphatic carbocycles. The third-order valence-electron chi connectivity index (χ3n) is 4.20. The zero-order chi connectivity index (χ0) is 22.6. The van der Waals surface area contributed by atoms with Gasteiger partial charge < -0.3 is 10.3 Å². The summed E-state index contributed by atoms with van der Waals surface area (Å²) in [7, 11) is 0. The molecule has 0 aliphatic rings. The van der Waals surface area contributed by atoms with Gasteiger partial charge in [0, 0.05) is 5.56 Å². The normalized spacial score (nSPS) is 12.1. The van der Waals surface area contributed by atoms with Gasteiger partial charge in [-0.25, -0.2) is 4.98 Å². The number of nitriles is 1. The van der Waals surface area contributed by atoms with Gasteiger partial charge in [0.1, 0.15) is 11.6 Å². The lowest BCUT2D eigenvalue weighted by Crippen LogP contribution is -2.25. The summed E-state index contributed by atoms with van der Waals surface area (Å²) < 4.78 is 39.4. The molecule has 3 rings (SSSR count). The molecule has 2 N–H and O–H groups in total. The SMILES string of the molecule is C[C@@H](Sc1nc(-c2ccccc2)c(C#N)c(=O)[nH]1)C(=O)Nc1ccccc1C(F)(F)F. The number of alkyl halides is 3. The average Bonchev–Trinajstić information content (AvgIpc) is 2.73. The van der Waals surface area contributed by atoms with Crippen molar-refractivity contribution in [2.75, 3.05) is 5.32 Å². The summed E-state index contributed by atoms with van der Waals surface area (Å²) in [6.45, 7) is 1.47. The number of thioether (sulfide) groups is 1. The van der Waals surface area contributed by atoms with Crippen molar-refractivity contribution in [3.63, 3.8) is 0 Å². The molecule has 2 aromatic carbocycles. The first-order valence-electron chi connectivity index (χ1n) is 8.94. The molecule has 0 spiro atoms. The summed E-state index contributed by atoms with van der Waals surface area (Å²) in [5, 5.41) is 10.7. The number of hydrogen-bond acceptors (Lipinski definition) is 5. The summed E-state index contributed by atoms with van der Waals surface area (Å²) >= 11 is 0.857. The highest BCUT2D eigenvalue weighted by Gasteiger charge is 2.34. The molecule has 1 heterocycles. The smallest absolute Gasteiger partial charge is 0.325 e. The Morgan fingerprint density at radius 3 is 2.45 bits per heavy atom. The van der Waals surface area contributed by atoms with E-state index in [9.17, 15) is 28.0 Å². The number of benzene rings is 2. The first-order valence-corrected chi connectivity index (χ1v) is 9.82. The molecule has 158 valence electrons. The highest BCUT2D eigenvalue weighted by atomic mass is 32.2. The molecule has 0 bridgehead atoms. The summed E-state index contributed by atoms with van der Waals surface area (Å²) in [5.41, 5.74) is -1.47. The molecule has 1 amide bonds. The third kappa shape index (κ3) is 5.13. The maximum atomic E-state index is 13.1. The number of amides is 1. The van der Waals surface area contributed by atoms with Crippen LogP contribution in [0.2, 0.25) is 0 Å². The van der Waals surface area contributed by atoms with Crippen LogP contribution in [0.5, 0.6) is 0 Å². The molecule has 0 saturated heterocycles. The molecule has 0 saturated carbocycles. The number of H-pyrrole nitrogens is 1. The lowest BCUT2D eigenvalue weighted by molar-refractivity contribution is -0.137. The lowest BCUT2D eigenvalue weighted by Gasteiger charge is -2.16. The first kappa shape index (κ1) is 22.1. The van der Waals surface area contributed by atoms with E-state index in [-0.39, 0.29) is 22.1 Å². The molecule has 3 aromatic rings. The Kier molecular flexibility index (Phi) is 6.46. The first-order chi connectivity index (χ1) is 14.7. The van der Waals surface area contributed by atoms with Crippen molar-refractivity contribution in [1.29, 1.82) is 5.26 Å². The van der Waals surface area contributed by atoms with E-state index >= 15 is 0 Å². The number of carbonyl (C=O) groups excluding carboxylic acids is 1. The lowest BCUT2D eigenvalue weighted by atomic mass is 10.1. The van der Waals surface area contributed by atoms with Crippen molar-refractivity contribution in [1.82, 2.24) is 9.97 Å². The van der Waals surface area contributed by atoms with E-state index in [1.165, 1.54) is 19.1 Å². The molecule has 1 aromatic heterocycles. The summed E-state index contributed by atoms with van der Waals surface area (Å²) in [5.74, 6) is -0.699. The van der Waals surface area contributed by atoms with Crippen LogP contribution in [0, 0.1) is 11.3 Å². The Morgan fingerprint density at radius 1 is 1.16 bits per heavy atom. The van der Waals surface area contributed by atoms with Crippen molar-refractivity contribution in [2.24, 2.45) is 0 Å². The Labute approximate surface area is 179 Å². The minimum Gasteiger partial charge on any atom is -0.325 e. The highest BCUT2D eigenvalue weighted by Crippen LogP contribution is 2.35. The minimum absolute atomic E-state index is 0.0645.